The van der Waals surface area contributed by atoms with Crippen LogP contribution in [0, 0.1) is 0 Å². The summed E-state index contributed by atoms with van der Waals surface area (Å²) in [4.78, 5) is 7.41. The van der Waals surface area contributed by atoms with Crippen LogP contribution < -0.4 is 9.64 Å². The van der Waals surface area contributed by atoms with Gasteiger partial charge in [-0.2, -0.15) is 4.52 Å². The molecule has 2 aromatic heterocycles. The van der Waals surface area contributed by atoms with Gasteiger partial charge in [0.2, 0.25) is 10.8 Å². The Bertz CT molecular complexity index is 930. The van der Waals surface area contributed by atoms with Crippen LogP contribution in [0.5, 0.6) is 11.6 Å². The Morgan fingerprint density at radius 3 is 2.81 bits per heavy atom. The number of nitrogens with zero attached hydrogens (tertiary/aromatic N) is 3. The molecule has 0 radical (unpaired) electrons. The first-order valence-corrected chi connectivity index (χ1v) is 10.2. The van der Waals surface area contributed by atoms with E-state index in [0.717, 1.165) is 54.4 Å². The van der Waals surface area contributed by atoms with Crippen LogP contribution in [-0.4, -0.2) is 51.1 Å². The summed E-state index contributed by atoms with van der Waals surface area (Å²) in [5.41, 5.74) is 1.08. The number of aromatic hydroxyl groups is 1. The number of methoxy groups -OCH3 is 1. The van der Waals surface area contributed by atoms with Crippen LogP contribution >= 0.6 is 11.3 Å². The highest BCUT2D eigenvalue weighted by Gasteiger charge is 2.35. The van der Waals surface area contributed by atoms with E-state index in [0.29, 0.717) is 4.96 Å². The summed E-state index contributed by atoms with van der Waals surface area (Å²) in [5.74, 6) is 1.68. The maximum Gasteiger partial charge on any atom is 0.235 e. The molecule has 7 nitrogen and oxygen atoms in total. The van der Waals surface area contributed by atoms with E-state index in [2.05, 4.69) is 16.1 Å². The van der Waals surface area contributed by atoms with E-state index in [1.165, 1.54) is 16.2 Å². The summed E-state index contributed by atoms with van der Waals surface area (Å²) < 4.78 is 6.96. The van der Waals surface area contributed by atoms with Gasteiger partial charge in [-0.1, -0.05) is 30.4 Å². The molecule has 0 spiro atoms. The molecule has 0 amide bonds. The predicted molar refractivity (Wildman–Crippen MR) is 103 cm³/mol. The molecule has 3 aromatic rings. The van der Waals surface area contributed by atoms with Crippen LogP contribution in [0.3, 0.4) is 0 Å². The highest BCUT2D eigenvalue weighted by Crippen LogP contribution is 2.36. The van der Waals surface area contributed by atoms with Gasteiger partial charge in [0, 0.05) is 24.8 Å². The second-order valence-corrected chi connectivity index (χ2v) is 7.97. The highest BCUT2D eigenvalue weighted by atomic mass is 32.1. The molecule has 1 aliphatic heterocycles. The van der Waals surface area contributed by atoms with E-state index in [4.69, 9.17) is 4.74 Å². The van der Waals surface area contributed by atoms with Gasteiger partial charge in [-0.05, 0) is 12.1 Å². The summed E-state index contributed by atoms with van der Waals surface area (Å²) in [6, 6.07) is 7.94. The number of fused-ring (bicyclic) bond motifs is 1. The minimum Gasteiger partial charge on any atom is -0.497 e. The second-order valence-electron chi connectivity index (χ2n) is 6.96. The fourth-order valence-corrected chi connectivity index (χ4v) is 4.94. The minimum absolute atomic E-state index is 0.0498. The molecule has 0 saturated carbocycles. The van der Waals surface area contributed by atoms with Gasteiger partial charge in [-0.15, -0.1) is 5.10 Å². The first-order chi connectivity index (χ1) is 13.1. The maximum absolute atomic E-state index is 10.9. The fraction of sp³-hybridized carbons (Fsp3) is 0.474. The van der Waals surface area contributed by atoms with E-state index < -0.39 is 0 Å². The van der Waals surface area contributed by atoms with E-state index in [1.54, 1.807) is 11.6 Å². The van der Waals surface area contributed by atoms with Crippen LogP contribution in [0.25, 0.3) is 4.96 Å². The number of nitrogens with one attached hydrogen (secondary N) is 1. The molecule has 0 unspecified atom stereocenters. The monoisotopic (exact) mass is 389 g/mol. The summed E-state index contributed by atoms with van der Waals surface area (Å²) in [7, 11) is 1.66. The van der Waals surface area contributed by atoms with Gasteiger partial charge in [-0.3, -0.25) is 0 Å². The Labute approximate surface area is 161 Å². The van der Waals surface area contributed by atoms with Crippen LogP contribution in [0.15, 0.2) is 24.3 Å². The topological polar surface area (TPSA) is 84.3 Å². The number of aliphatic hydroxyl groups excluding tert-OH is 1. The van der Waals surface area contributed by atoms with Gasteiger partial charge >= 0.3 is 0 Å². The van der Waals surface area contributed by atoms with Crippen molar-refractivity contribution < 1.29 is 19.8 Å². The lowest BCUT2D eigenvalue weighted by Crippen LogP contribution is -3.13. The Balaban J connectivity index is 1.79. The van der Waals surface area contributed by atoms with Crippen LogP contribution in [0.2, 0.25) is 0 Å². The van der Waals surface area contributed by atoms with Crippen molar-refractivity contribution in [3.63, 3.8) is 0 Å². The van der Waals surface area contributed by atoms with Crippen LogP contribution in [0.1, 0.15) is 42.1 Å². The number of aromatic nitrogens is 3. The van der Waals surface area contributed by atoms with Gasteiger partial charge in [-0.25, -0.2) is 4.98 Å². The van der Waals surface area contributed by atoms with Crippen LogP contribution in [0.4, 0.5) is 0 Å². The lowest BCUT2D eigenvalue weighted by Gasteiger charge is -2.33. The molecule has 1 fully saturated rings. The molecule has 1 aromatic carbocycles. The zero-order chi connectivity index (χ0) is 19.0. The summed E-state index contributed by atoms with van der Waals surface area (Å²) in [6.07, 6.45) is 2.02. The van der Waals surface area contributed by atoms with Crippen molar-refractivity contribution in [3.8, 4) is 11.6 Å². The molecule has 3 N–H and O–H groups in total. The highest BCUT2D eigenvalue weighted by molar-refractivity contribution is 7.17. The van der Waals surface area contributed by atoms with Crippen molar-refractivity contribution in [2.24, 2.45) is 0 Å². The number of benzene rings is 1. The van der Waals surface area contributed by atoms with Crippen molar-refractivity contribution in [2.75, 3.05) is 20.2 Å². The smallest absolute Gasteiger partial charge is 0.235 e. The largest absolute Gasteiger partial charge is 0.497 e. The van der Waals surface area contributed by atoms with E-state index >= 15 is 0 Å². The number of hydrogen-bond donors (Lipinski definition) is 3. The molecule has 8 heteroatoms. The third-order valence-electron chi connectivity index (χ3n) is 5.25. The van der Waals surface area contributed by atoms with Gasteiger partial charge in [0.15, 0.2) is 11.9 Å². The second kappa shape index (κ2) is 7.46. The number of thiazole rings is 1. The van der Waals surface area contributed by atoms with Gasteiger partial charge in [0.1, 0.15) is 10.6 Å². The SMILES string of the molecule is CCc1nc2sc([C@@H](c3cccc(OC)c3)[NH+]3CCC(O)CC3)c(O)n2n1. The Morgan fingerprint density at radius 2 is 2.15 bits per heavy atom. The number of piperidine rings is 1. The molecule has 1 saturated heterocycles. The molecule has 0 bridgehead atoms. The maximum atomic E-state index is 10.9. The first-order valence-electron chi connectivity index (χ1n) is 9.34. The lowest BCUT2D eigenvalue weighted by atomic mass is 9.99. The third kappa shape index (κ3) is 3.40. The van der Waals surface area contributed by atoms with Crippen molar-refractivity contribution >= 4 is 16.3 Å². The molecule has 1 aliphatic rings. The fourth-order valence-electron chi connectivity index (χ4n) is 3.78. The number of aliphatic hydroxyl groups is 1. The van der Waals surface area contributed by atoms with Crippen LogP contribution in [-0.2, 0) is 6.42 Å². The first kappa shape index (κ1) is 18.2. The molecular weight excluding hydrogens is 364 g/mol. The molecule has 3 heterocycles. The minimum atomic E-state index is -0.234. The van der Waals surface area contributed by atoms with Crippen molar-refractivity contribution in [2.45, 2.75) is 38.3 Å². The summed E-state index contributed by atoms with van der Waals surface area (Å²) >= 11 is 1.49. The number of rotatable bonds is 5. The predicted octanol–water partition coefficient (Wildman–Crippen LogP) is 1.20. The van der Waals surface area contributed by atoms with E-state index in [9.17, 15) is 10.2 Å². The van der Waals surface area contributed by atoms with Gasteiger partial charge in [0.25, 0.3) is 0 Å². The zero-order valence-electron chi connectivity index (χ0n) is 15.6. The molecule has 144 valence electrons. The Hall–Kier alpha value is -2.16. The average Bonchev–Trinajstić information content (AvgIpc) is 3.23. The summed E-state index contributed by atoms with van der Waals surface area (Å²) in [5, 5.41) is 25.2. The van der Waals surface area contributed by atoms with E-state index in [1.807, 2.05) is 25.1 Å². The lowest BCUT2D eigenvalue weighted by molar-refractivity contribution is -0.931. The van der Waals surface area contributed by atoms with E-state index in [-0.39, 0.29) is 18.0 Å². The Kier molecular flexibility index (Phi) is 5.03. The number of hydrogen-bond acceptors (Lipinski definition) is 6. The number of aryl methyl sites for hydroxylation is 1. The molecular formula is C19H25N4O3S+. The number of quaternary nitrogens is 1. The molecule has 27 heavy (non-hydrogen) atoms. The Morgan fingerprint density at radius 1 is 1.37 bits per heavy atom. The number of likely N-dealkylation sites (tertiary alicyclic amines) is 1. The van der Waals surface area contributed by atoms with Crippen molar-refractivity contribution in [1.29, 1.82) is 0 Å². The van der Waals surface area contributed by atoms with Crippen molar-refractivity contribution in [3.05, 3.63) is 40.5 Å². The number of ether oxygens (including phenoxy) is 1. The normalized spacial score (nSPS) is 21.4. The average molecular weight is 390 g/mol. The molecule has 1 atom stereocenters. The van der Waals surface area contributed by atoms with Gasteiger partial charge < -0.3 is 19.8 Å². The molecule has 4 rings (SSSR count). The van der Waals surface area contributed by atoms with Crippen molar-refractivity contribution in [1.82, 2.24) is 14.6 Å². The zero-order valence-corrected chi connectivity index (χ0v) is 16.4. The quantitative estimate of drug-likeness (QED) is 0.611. The molecule has 0 aliphatic carbocycles. The summed E-state index contributed by atoms with van der Waals surface area (Å²) in [6.45, 7) is 3.69. The third-order valence-corrected chi connectivity index (χ3v) is 6.34. The standard InChI is InChI=1S/C19H24N4O3S/c1-3-15-20-19-23(21-15)18(25)17(27-19)16(22-9-7-13(24)8-10-22)12-5-4-6-14(11-12)26-2/h4-6,11,13,16,24-25H,3,7-10H2,1-2H3/p+1/t16-/m1/s1. The van der Waals surface area contributed by atoms with Gasteiger partial charge in [0.05, 0.1) is 26.3 Å².